The number of unbranched alkanes of at least 4 members (excludes halogenated alkanes) is 28. The van der Waals surface area contributed by atoms with Gasteiger partial charge in [0.25, 0.3) is 0 Å². The first-order valence-electron chi connectivity index (χ1n) is 25.7. The summed E-state index contributed by atoms with van der Waals surface area (Å²) in [6, 6.07) is 0. The van der Waals surface area contributed by atoms with Crippen LogP contribution in [0.1, 0.15) is 258 Å². The highest BCUT2D eigenvalue weighted by atomic mass is 16.6. The largest absolute Gasteiger partial charge is 0.462 e. The molecule has 0 amide bonds. The molecule has 0 aliphatic heterocycles. The summed E-state index contributed by atoms with van der Waals surface area (Å²) >= 11 is 0. The third kappa shape index (κ3) is 46.4. The van der Waals surface area contributed by atoms with Gasteiger partial charge in [-0.2, -0.15) is 0 Å². The Balaban J connectivity index is 4.39. The van der Waals surface area contributed by atoms with Crippen LogP contribution in [0, 0.1) is 0 Å². The molecule has 0 fully saturated rings. The average molecular weight is 841 g/mol. The van der Waals surface area contributed by atoms with Gasteiger partial charge in [-0.15, -0.1) is 0 Å². The van der Waals surface area contributed by atoms with Gasteiger partial charge >= 0.3 is 17.9 Å². The van der Waals surface area contributed by atoms with Gasteiger partial charge in [0.2, 0.25) is 0 Å². The van der Waals surface area contributed by atoms with Crippen molar-refractivity contribution in [1.82, 2.24) is 0 Å². The molecule has 0 saturated heterocycles. The summed E-state index contributed by atoms with van der Waals surface area (Å²) in [5.74, 6) is -0.925. The third-order valence-corrected chi connectivity index (χ3v) is 11.1. The monoisotopic (exact) mass is 841 g/mol. The van der Waals surface area contributed by atoms with E-state index in [2.05, 4.69) is 69.4 Å². The molecule has 0 spiro atoms. The Morgan fingerprint density at radius 1 is 0.333 bits per heavy atom. The molecule has 0 aliphatic carbocycles. The van der Waals surface area contributed by atoms with Crippen molar-refractivity contribution >= 4 is 17.9 Å². The van der Waals surface area contributed by atoms with Crippen molar-refractivity contribution in [3.05, 3.63) is 48.6 Å². The Morgan fingerprint density at radius 3 is 1.00 bits per heavy atom. The zero-order valence-corrected chi connectivity index (χ0v) is 39.7. The van der Waals surface area contributed by atoms with Gasteiger partial charge in [0, 0.05) is 19.3 Å². The van der Waals surface area contributed by atoms with Crippen LogP contribution >= 0.6 is 0 Å². The molecule has 0 aliphatic rings. The molecule has 60 heavy (non-hydrogen) atoms. The van der Waals surface area contributed by atoms with Crippen LogP contribution in [0.4, 0.5) is 0 Å². The fourth-order valence-corrected chi connectivity index (χ4v) is 7.11. The predicted octanol–water partition coefficient (Wildman–Crippen LogP) is 16.7. The van der Waals surface area contributed by atoms with E-state index in [-0.39, 0.29) is 31.1 Å². The van der Waals surface area contributed by atoms with Crippen molar-refractivity contribution in [3.8, 4) is 0 Å². The lowest BCUT2D eigenvalue weighted by molar-refractivity contribution is -0.167. The van der Waals surface area contributed by atoms with Crippen LogP contribution in [0.5, 0.6) is 0 Å². The second-order valence-electron chi connectivity index (χ2n) is 17.1. The molecule has 0 N–H and O–H groups in total. The zero-order valence-electron chi connectivity index (χ0n) is 39.7. The highest BCUT2D eigenvalue weighted by Gasteiger charge is 2.19. The lowest BCUT2D eigenvalue weighted by Gasteiger charge is -2.18. The van der Waals surface area contributed by atoms with E-state index in [1.54, 1.807) is 0 Å². The first-order chi connectivity index (χ1) is 29.5. The number of allylic oxidation sites excluding steroid dienone is 8. The third-order valence-electron chi connectivity index (χ3n) is 11.1. The maximum atomic E-state index is 12.8. The molecule has 6 heteroatoms. The lowest BCUT2D eigenvalue weighted by atomic mass is 10.1. The molecule has 0 heterocycles. The summed E-state index contributed by atoms with van der Waals surface area (Å²) in [6.07, 6.45) is 58.1. The zero-order chi connectivity index (χ0) is 43.7. The molecule has 0 aromatic rings. The first kappa shape index (κ1) is 57.4. The van der Waals surface area contributed by atoms with Crippen molar-refractivity contribution in [3.63, 3.8) is 0 Å². The Hall–Kier alpha value is -2.63. The van der Waals surface area contributed by atoms with E-state index in [9.17, 15) is 14.4 Å². The molecular weight excluding hydrogens is 745 g/mol. The number of rotatable bonds is 46. The minimum atomic E-state index is -0.788. The molecule has 1 atom stereocenters. The summed E-state index contributed by atoms with van der Waals surface area (Å²) in [6.45, 7) is 6.56. The maximum Gasteiger partial charge on any atom is 0.306 e. The van der Waals surface area contributed by atoms with Crippen LogP contribution in [-0.4, -0.2) is 37.2 Å². The Bertz CT molecular complexity index is 1060. The predicted molar refractivity (Wildman–Crippen MR) is 256 cm³/mol. The van der Waals surface area contributed by atoms with Gasteiger partial charge in [0.1, 0.15) is 13.2 Å². The van der Waals surface area contributed by atoms with Crippen molar-refractivity contribution in [1.29, 1.82) is 0 Å². The van der Waals surface area contributed by atoms with E-state index in [1.807, 2.05) is 0 Å². The number of carbonyl (C=O) groups excluding carboxylic acids is 3. The molecular formula is C54H96O6. The molecule has 0 rings (SSSR count). The molecule has 348 valence electrons. The number of hydrogen-bond donors (Lipinski definition) is 0. The summed E-state index contributed by atoms with van der Waals surface area (Å²) in [5, 5.41) is 0. The molecule has 0 aromatic carbocycles. The van der Waals surface area contributed by atoms with E-state index < -0.39 is 6.10 Å². The van der Waals surface area contributed by atoms with Crippen molar-refractivity contribution in [2.24, 2.45) is 0 Å². The van der Waals surface area contributed by atoms with Gasteiger partial charge < -0.3 is 14.2 Å². The average Bonchev–Trinajstić information content (AvgIpc) is 3.24. The summed E-state index contributed by atoms with van der Waals surface area (Å²) in [4.78, 5) is 37.9. The molecule has 0 saturated carbocycles. The summed E-state index contributed by atoms with van der Waals surface area (Å²) < 4.78 is 16.7. The molecule has 0 radical (unpaired) electrons. The highest BCUT2D eigenvalue weighted by molar-refractivity contribution is 5.71. The fraction of sp³-hybridized carbons (Fsp3) is 0.796. The van der Waals surface area contributed by atoms with E-state index >= 15 is 0 Å². The first-order valence-corrected chi connectivity index (χ1v) is 25.7. The minimum absolute atomic E-state index is 0.0882. The number of esters is 3. The normalized spacial score (nSPS) is 12.4. The van der Waals surface area contributed by atoms with Crippen LogP contribution in [0.3, 0.4) is 0 Å². The Labute approximate surface area is 371 Å². The van der Waals surface area contributed by atoms with Gasteiger partial charge in [-0.1, -0.05) is 198 Å². The van der Waals surface area contributed by atoms with Crippen molar-refractivity contribution < 1.29 is 28.6 Å². The SMILES string of the molecule is CCCC/C=C\CCCCCCCC(=O)OCC(COC(=O)CCCCCCC/C=C\C=C/CCCCCCCCC)OC(=O)CCCCC/C=C\CCCCCCCC. The second kappa shape index (κ2) is 49.0. The van der Waals surface area contributed by atoms with Gasteiger partial charge in [-0.25, -0.2) is 0 Å². The highest BCUT2D eigenvalue weighted by Crippen LogP contribution is 2.14. The molecule has 1 unspecified atom stereocenters. The lowest BCUT2D eigenvalue weighted by Crippen LogP contribution is -2.30. The molecule has 6 nitrogen and oxygen atoms in total. The van der Waals surface area contributed by atoms with Crippen molar-refractivity contribution in [2.45, 2.75) is 264 Å². The topological polar surface area (TPSA) is 78.9 Å². The molecule has 0 aromatic heterocycles. The van der Waals surface area contributed by atoms with E-state index in [1.165, 1.54) is 122 Å². The summed E-state index contributed by atoms with van der Waals surface area (Å²) in [5.41, 5.74) is 0. The van der Waals surface area contributed by atoms with E-state index in [0.29, 0.717) is 19.3 Å². The van der Waals surface area contributed by atoms with E-state index in [4.69, 9.17) is 14.2 Å². The van der Waals surface area contributed by atoms with Gasteiger partial charge in [0.05, 0.1) is 0 Å². The Morgan fingerprint density at radius 2 is 0.617 bits per heavy atom. The number of hydrogen-bond acceptors (Lipinski definition) is 6. The quantitative estimate of drug-likeness (QED) is 0.0200. The van der Waals surface area contributed by atoms with Crippen LogP contribution < -0.4 is 0 Å². The van der Waals surface area contributed by atoms with Gasteiger partial charge in [-0.3, -0.25) is 14.4 Å². The summed E-state index contributed by atoms with van der Waals surface area (Å²) in [7, 11) is 0. The number of ether oxygens (including phenoxy) is 3. The smallest absolute Gasteiger partial charge is 0.306 e. The van der Waals surface area contributed by atoms with E-state index in [0.717, 1.165) is 96.3 Å². The van der Waals surface area contributed by atoms with Crippen LogP contribution in [0.25, 0.3) is 0 Å². The van der Waals surface area contributed by atoms with Crippen molar-refractivity contribution in [2.75, 3.05) is 13.2 Å². The van der Waals surface area contributed by atoms with Crippen LogP contribution in [0.15, 0.2) is 48.6 Å². The second-order valence-corrected chi connectivity index (χ2v) is 17.1. The van der Waals surface area contributed by atoms with Gasteiger partial charge in [-0.05, 0) is 89.9 Å². The fourth-order valence-electron chi connectivity index (χ4n) is 7.11. The maximum absolute atomic E-state index is 12.8. The standard InChI is InChI=1S/C54H96O6/c1-4-7-10-13-16-19-22-24-25-26-27-28-30-32-35-38-41-44-47-53(56)59-50-51(49-58-52(55)46-43-40-37-34-31-21-18-15-12-9-6-3)60-54(57)48-45-42-39-36-33-29-23-20-17-14-11-8-5-2/h15,18,25-29,33,51H,4-14,16-17,19-24,30-32,34-50H2,1-3H3/b18-15-,26-25-,28-27-,33-29-. The van der Waals surface area contributed by atoms with Crippen LogP contribution in [0.2, 0.25) is 0 Å². The van der Waals surface area contributed by atoms with Gasteiger partial charge in [0.15, 0.2) is 6.10 Å². The molecule has 0 bridgehead atoms. The minimum Gasteiger partial charge on any atom is -0.462 e. The Kier molecular flexibility index (Phi) is 46.9. The van der Waals surface area contributed by atoms with Crippen LogP contribution in [-0.2, 0) is 28.6 Å². The number of carbonyl (C=O) groups is 3.